The summed E-state index contributed by atoms with van der Waals surface area (Å²) in [5.74, 6) is -2.25. The third-order valence-electron chi connectivity index (χ3n) is 7.86. The first-order valence-corrected chi connectivity index (χ1v) is 14.0. The summed E-state index contributed by atoms with van der Waals surface area (Å²) in [6, 6.07) is 34.2. The van der Waals surface area contributed by atoms with Gasteiger partial charge in [-0.1, -0.05) is 97.1 Å². The first-order valence-electron chi connectivity index (χ1n) is 14.0. The van der Waals surface area contributed by atoms with Crippen molar-refractivity contribution in [3.63, 3.8) is 0 Å². The van der Waals surface area contributed by atoms with Crippen LogP contribution < -0.4 is 4.74 Å². The Balaban J connectivity index is 1.53. The van der Waals surface area contributed by atoms with E-state index in [-0.39, 0.29) is 23.5 Å². The molecule has 8 nitrogen and oxygen atoms in total. The number of nitro groups is 1. The van der Waals surface area contributed by atoms with Gasteiger partial charge in [0, 0.05) is 18.7 Å². The molecule has 5 aromatic rings. The lowest BCUT2D eigenvalue weighted by Crippen LogP contribution is -2.51. The zero-order valence-corrected chi connectivity index (χ0v) is 23.6. The molecule has 10 heteroatoms. The number of ether oxygens (including phenoxy) is 1. The summed E-state index contributed by atoms with van der Waals surface area (Å²) >= 11 is 0. The Labute approximate surface area is 256 Å². The summed E-state index contributed by atoms with van der Waals surface area (Å²) in [4.78, 5) is 41.4. The lowest BCUT2D eigenvalue weighted by molar-refractivity contribution is -0.384. The summed E-state index contributed by atoms with van der Waals surface area (Å²) < 4.78 is 34.1. The molecule has 0 radical (unpaired) electrons. The van der Waals surface area contributed by atoms with Crippen LogP contribution in [0, 0.1) is 21.7 Å². The quantitative estimate of drug-likeness (QED) is 0.107. The second kappa shape index (κ2) is 12.0. The summed E-state index contributed by atoms with van der Waals surface area (Å²) in [7, 11) is 0. The van der Waals surface area contributed by atoms with Crippen molar-refractivity contribution in [1.82, 2.24) is 9.80 Å². The molecule has 1 saturated heterocycles. The second-order valence-electron chi connectivity index (χ2n) is 10.4. The van der Waals surface area contributed by atoms with Crippen LogP contribution in [-0.2, 0) is 5.54 Å². The van der Waals surface area contributed by atoms with Crippen LogP contribution in [0.3, 0.4) is 0 Å². The van der Waals surface area contributed by atoms with E-state index in [0.29, 0.717) is 0 Å². The third-order valence-corrected chi connectivity index (χ3v) is 7.86. The van der Waals surface area contributed by atoms with E-state index in [0.717, 1.165) is 33.7 Å². The molecule has 0 aliphatic carbocycles. The Bertz CT molecular complexity index is 1760. The first-order chi connectivity index (χ1) is 21.8. The number of carbonyl (C=O) groups is 2. The number of hydrogen-bond acceptors (Lipinski definition) is 5. The van der Waals surface area contributed by atoms with Crippen LogP contribution in [0.5, 0.6) is 5.75 Å². The van der Waals surface area contributed by atoms with Crippen LogP contribution in [0.4, 0.5) is 24.1 Å². The van der Waals surface area contributed by atoms with Crippen LogP contribution in [0.15, 0.2) is 133 Å². The highest BCUT2D eigenvalue weighted by atomic mass is 19.2. The number of urea groups is 1. The van der Waals surface area contributed by atoms with E-state index in [1.807, 2.05) is 91.0 Å². The van der Waals surface area contributed by atoms with Gasteiger partial charge < -0.3 is 9.64 Å². The van der Waals surface area contributed by atoms with Gasteiger partial charge in [0.15, 0.2) is 11.6 Å². The van der Waals surface area contributed by atoms with Crippen molar-refractivity contribution >= 4 is 17.8 Å². The minimum Gasteiger partial charge on any atom is -0.410 e. The summed E-state index contributed by atoms with van der Waals surface area (Å²) in [5, 5.41) is 11.1. The predicted octanol–water partition coefficient (Wildman–Crippen LogP) is 7.84. The Kier molecular flexibility index (Phi) is 7.78. The van der Waals surface area contributed by atoms with Gasteiger partial charge in [0.25, 0.3) is 5.69 Å². The second-order valence-corrected chi connectivity index (χ2v) is 10.4. The Morgan fingerprint density at radius 3 is 1.73 bits per heavy atom. The molecule has 5 aromatic carbocycles. The van der Waals surface area contributed by atoms with Crippen molar-refractivity contribution < 1.29 is 28.0 Å². The molecule has 224 valence electrons. The van der Waals surface area contributed by atoms with E-state index in [1.54, 1.807) is 0 Å². The maximum atomic E-state index is 14.7. The zero-order chi connectivity index (χ0) is 31.6. The number of halogens is 2. The Morgan fingerprint density at radius 1 is 0.756 bits per heavy atom. The van der Waals surface area contributed by atoms with Gasteiger partial charge >= 0.3 is 12.1 Å². The van der Waals surface area contributed by atoms with Gasteiger partial charge in [-0.2, -0.15) is 0 Å². The Hall–Kier alpha value is -5.90. The average Bonchev–Trinajstić information content (AvgIpc) is 3.41. The fourth-order valence-electron chi connectivity index (χ4n) is 5.85. The number of nitrogens with zero attached hydrogens (tertiary/aromatic N) is 3. The fourth-order valence-corrected chi connectivity index (χ4v) is 5.85. The minimum absolute atomic E-state index is 0.0404. The molecule has 1 unspecified atom stereocenters. The molecule has 1 aliphatic rings. The average molecular weight is 606 g/mol. The van der Waals surface area contributed by atoms with Gasteiger partial charge in [-0.05, 0) is 46.5 Å². The summed E-state index contributed by atoms with van der Waals surface area (Å²) in [6.07, 6.45) is -1.09. The number of amides is 3. The molecule has 0 bridgehead atoms. The van der Waals surface area contributed by atoms with Gasteiger partial charge in [-0.3, -0.25) is 10.1 Å². The van der Waals surface area contributed by atoms with E-state index >= 15 is 0 Å². The third kappa shape index (κ3) is 5.27. The normalized spacial score (nSPS) is 14.8. The molecule has 1 atom stereocenters. The van der Waals surface area contributed by atoms with Gasteiger partial charge in [0.1, 0.15) is 11.3 Å². The number of nitro benzene ring substituents is 1. The van der Waals surface area contributed by atoms with Gasteiger partial charge in [-0.25, -0.2) is 23.3 Å². The Morgan fingerprint density at radius 2 is 1.27 bits per heavy atom. The molecular formula is C35H25F2N3O5. The van der Waals surface area contributed by atoms with Crippen LogP contribution >= 0.6 is 0 Å². The van der Waals surface area contributed by atoms with Crippen LogP contribution in [0.25, 0.3) is 0 Å². The number of carbonyl (C=O) groups excluding carboxylic acids is 2. The van der Waals surface area contributed by atoms with Gasteiger partial charge in [0.05, 0.1) is 11.0 Å². The van der Waals surface area contributed by atoms with E-state index in [9.17, 15) is 28.5 Å². The zero-order valence-electron chi connectivity index (χ0n) is 23.6. The standard InChI is InChI=1S/C35H25F2N3O5/c36-30-21-16-24(22-31(30)37)32-23-38(33(41)39(32)34(42)45-29-19-17-28(18-20-29)40(43)44)35(25-10-4-1-5-11-25,26-12-6-2-7-13-26)27-14-8-3-9-15-27/h1-22,32H,23H2. The minimum atomic E-state index is -1.26. The molecule has 0 aromatic heterocycles. The van der Waals surface area contributed by atoms with Crippen molar-refractivity contribution in [2.75, 3.05) is 6.54 Å². The van der Waals surface area contributed by atoms with Crippen molar-refractivity contribution in [3.05, 3.63) is 177 Å². The van der Waals surface area contributed by atoms with E-state index in [1.165, 1.54) is 35.2 Å². The first kappa shape index (κ1) is 29.2. The van der Waals surface area contributed by atoms with E-state index in [4.69, 9.17) is 4.74 Å². The van der Waals surface area contributed by atoms with Crippen LogP contribution in [-0.4, -0.2) is 33.4 Å². The molecule has 3 amide bonds. The molecule has 6 rings (SSSR count). The number of imide groups is 1. The number of hydrogen-bond donors (Lipinski definition) is 0. The lowest BCUT2D eigenvalue weighted by atomic mass is 9.75. The molecule has 45 heavy (non-hydrogen) atoms. The van der Waals surface area contributed by atoms with Crippen molar-refractivity contribution in [1.29, 1.82) is 0 Å². The number of rotatable bonds is 7. The smallest absolute Gasteiger partial charge is 0.410 e. The monoisotopic (exact) mass is 605 g/mol. The molecule has 1 fully saturated rings. The lowest BCUT2D eigenvalue weighted by Gasteiger charge is -2.43. The molecule has 1 aliphatic heterocycles. The van der Waals surface area contributed by atoms with Gasteiger partial charge in [-0.15, -0.1) is 0 Å². The van der Waals surface area contributed by atoms with Crippen molar-refractivity contribution in [2.24, 2.45) is 0 Å². The highest BCUT2D eigenvalue weighted by Crippen LogP contribution is 2.47. The highest BCUT2D eigenvalue weighted by molar-refractivity contribution is 5.95. The maximum absolute atomic E-state index is 14.7. The molecule has 0 spiro atoms. The topological polar surface area (TPSA) is 93.0 Å². The summed E-state index contributed by atoms with van der Waals surface area (Å²) in [6.45, 7) is -0.113. The highest BCUT2D eigenvalue weighted by Gasteiger charge is 2.54. The largest absolute Gasteiger partial charge is 0.424 e. The predicted molar refractivity (Wildman–Crippen MR) is 161 cm³/mol. The van der Waals surface area contributed by atoms with E-state index < -0.39 is 40.3 Å². The summed E-state index contributed by atoms with van der Waals surface area (Å²) in [5.41, 5.74) is 0.881. The van der Waals surface area contributed by atoms with Crippen LogP contribution in [0.2, 0.25) is 0 Å². The molecular weight excluding hydrogens is 580 g/mol. The number of non-ortho nitro benzene ring substituents is 1. The maximum Gasteiger partial charge on any atom is 0.424 e. The molecule has 0 saturated carbocycles. The molecule has 1 heterocycles. The fraction of sp³-hybridized carbons (Fsp3) is 0.0857. The SMILES string of the molecule is O=C(Oc1ccc([N+](=O)[O-])cc1)N1C(=O)N(C(c2ccccc2)(c2ccccc2)c2ccccc2)CC1c1ccc(F)c(F)c1. The number of benzene rings is 5. The van der Waals surface area contributed by atoms with Crippen molar-refractivity contribution in [2.45, 2.75) is 11.6 Å². The molecule has 0 N–H and O–H groups in total. The van der Waals surface area contributed by atoms with Crippen LogP contribution in [0.1, 0.15) is 28.3 Å². The van der Waals surface area contributed by atoms with Crippen molar-refractivity contribution in [3.8, 4) is 5.75 Å². The van der Waals surface area contributed by atoms with E-state index in [2.05, 4.69) is 0 Å². The van der Waals surface area contributed by atoms with Gasteiger partial charge in [0.2, 0.25) is 0 Å².